The zero-order valence-corrected chi connectivity index (χ0v) is 17.0. The summed E-state index contributed by atoms with van der Waals surface area (Å²) in [6.45, 7) is 2.37. The Morgan fingerprint density at radius 1 is 1.26 bits per heavy atom. The van der Waals surface area contributed by atoms with Crippen LogP contribution in [0.4, 0.5) is 0 Å². The van der Waals surface area contributed by atoms with Gasteiger partial charge in [0, 0.05) is 30.9 Å². The minimum absolute atomic E-state index is 0.0869. The summed E-state index contributed by atoms with van der Waals surface area (Å²) >= 11 is 0. The fraction of sp³-hybridized carbons (Fsp3) is 0.476. The number of aryl methyl sites for hydroxylation is 1. The number of carboxylic acid groups (broad SMARTS) is 1. The zero-order valence-electron chi connectivity index (χ0n) is 17.0. The van der Waals surface area contributed by atoms with E-state index < -0.39 is 41.0 Å². The number of ether oxygens (including phenoxy) is 2. The molecule has 0 aromatic heterocycles. The van der Waals surface area contributed by atoms with Crippen LogP contribution in [0.15, 0.2) is 23.3 Å². The first kappa shape index (κ1) is 22.7. The molecule has 0 spiro atoms. The number of esters is 1. The van der Waals surface area contributed by atoms with Gasteiger partial charge in [-0.2, -0.15) is 0 Å². The number of carbonyl (C=O) groups is 3. The molecule has 0 saturated heterocycles. The van der Waals surface area contributed by atoms with Crippen molar-refractivity contribution in [2.45, 2.75) is 57.0 Å². The number of aliphatic carboxylic acids is 1. The smallest absolute Gasteiger partial charge is 0.342 e. The number of aromatic hydroxyl groups is 2. The number of phenolic OH excluding ortho intramolecular Hbond substituents is 2. The van der Waals surface area contributed by atoms with Gasteiger partial charge in [-0.15, -0.1) is 0 Å². The number of hydrogen-bond donors (Lipinski definition) is 5. The van der Waals surface area contributed by atoms with Crippen molar-refractivity contribution < 1.29 is 49.4 Å². The van der Waals surface area contributed by atoms with Crippen molar-refractivity contribution in [3.63, 3.8) is 0 Å². The summed E-state index contributed by atoms with van der Waals surface area (Å²) < 4.78 is 10.7. The van der Waals surface area contributed by atoms with Crippen LogP contribution in [-0.2, 0) is 19.1 Å². The third-order valence-corrected chi connectivity index (χ3v) is 5.68. The predicted octanol–water partition coefficient (Wildman–Crippen LogP) is 0.926. The molecule has 0 fully saturated rings. The number of benzene rings is 1. The van der Waals surface area contributed by atoms with Gasteiger partial charge in [0.15, 0.2) is 17.2 Å². The molecular formula is C21H24O10. The number of Topliss-reactive ketones (excluding diaryl/α,β-unsaturated/α-hetero) is 1. The van der Waals surface area contributed by atoms with E-state index in [2.05, 4.69) is 0 Å². The van der Waals surface area contributed by atoms with Crippen molar-refractivity contribution in [2.75, 3.05) is 6.61 Å². The molecule has 1 aromatic carbocycles. The molecule has 168 valence electrons. The molecular weight excluding hydrogens is 412 g/mol. The van der Waals surface area contributed by atoms with Crippen LogP contribution in [0, 0.1) is 6.92 Å². The van der Waals surface area contributed by atoms with Crippen LogP contribution in [0.1, 0.15) is 48.5 Å². The number of hydrogen-bond acceptors (Lipinski definition) is 9. The van der Waals surface area contributed by atoms with E-state index in [9.17, 15) is 34.8 Å². The van der Waals surface area contributed by atoms with Crippen LogP contribution in [0.25, 0.3) is 0 Å². The molecule has 10 nitrogen and oxygen atoms in total. The third kappa shape index (κ3) is 4.41. The molecule has 2 aliphatic rings. The van der Waals surface area contributed by atoms with Crippen molar-refractivity contribution in [3.05, 3.63) is 34.4 Å². The lowest BCUT2D eigenvalue weighted by molar-refractivity contribution is -0.213. The van der Waals surface area contributed by atoms with Gasteiger partial charge in [0.05, 0.1) is 13.0 Å². The first-order valence-electron chi connectivity index (χ1n) is 9.64. The number of carbonyl (C=O) groups excluding carboxylic acids is 2. The van der Waals surface area contributed by atoms with Crippen molar-refractivity contribution in [1.82, 2.24) is 0 Å². The second-order valence-corrected chi connectivity index (χ2v) is 8.12. The predicted molar refractivity (Wildman–Crippen MR) is 103 cm³/mol. The van der Waals surface area contributed by atoms with Crippen molar-refractivity contribution >= 4 is 17.7 Å². The highest BCUT2D eigenvalue weighted by Gasteiger charge is 2.51. The molecule has 1 heterocycles. The fourth-order valence-electron chi connectivity index (χ4n) is 3.92. The Kier molecular flexibility index (Phi) is 5.83. The average molecular weight is 436 g/mol. The summed E-state index contributed by atoms with van der Waals surface area (Å²) in [6.07, 6.45) is -2.12. The Morgan fingerprint density at radius 2 is 1.94 bits per heavy atom. The maximum atomic E-state index is 12.8. The van der Waals surface area contributed by atoms with E-state index >= 15 is 0 Å². The van der Waals surface area contributed by atoms with E-state index in [1.54, 1.807) is 0 Å². The van der Waals surface area contributed by atoms with E-state index in [1.165, 1.54) is 19.9 Å². The van der Waals surface area contributed by atoms with Crippen molar-refractivity contribution in [3.8, 4) is 11.5 Å². The van der Waals surface area contributed by atoms with Crippen LogP contribution in [0.5, 0.6) is 11.5 Å². The number of carboxylic acids is 1. The van der Waals surface area contributed by atoms with Gasteiger partial charge >= 0.3 is 11.9 Å². The second-order valence-electron chi connectivity index (χ2n) is 8.12. The van der Waals surface area contributed by atoms with E-state index in [-0.39, 0.29) is 54.7 Å². The molecule has 1 aromatic rings. The van der Waals surface area contributed by atoms with Gasteiger partial charge in [-0.3, -0.25) is 9.59 Å². The Labute approximate surface area is 177 Å². The molecule has 5 N–H and O–H groups in total. The van der Waals surface area contributed by atoms with Crippen molar-refractivity contribution in [2.24, 2.45) is 0 Å². The van der Waals surface area contributed by atoms with Gasteiger partial charge in [0.1, 0.15) is 23.2 Å². The summed E-state index contributed by atoms with van der Waals surface area (Å²) in [5, 5.41) is 49.7. The molecule has 0 unspecified atom stereocenters. The van der Waals surface area contributed by atoms with Gasteiger partial charge in [0.25, 0.3) is 0 Å². The molecule has 10 heteroatoms. The number of aliphatic hydroxyl groups is 2. The Bertz CT molecular complexity index is 953. The molecule has 31 heavy (non-hydrogen) atoms. The largest absolute Gasteiger partial charge is 0.508 e. The van der Waals surface area contributed by atoms with Crippen LogP contribution < -0.4 is 0 Å². The van der Waals surface area contributed by atoms with E-state index in [0.29, 0.717) is 5.57 Å². The number of rotatable bonds is 5. The van der Waals surface area contributed by atoms with Crippen LogP contribution in [0.3, 0.4) is 0 Å². The maximum Gasteiger partial charge on any atom is 0.342 e. The Morgan fingerprint density at radius 3 is 2.55 bits per heavy atom. The topological polar surface area (TPSA) is 171 Å². The molecule has 3 rings (SSSR count). The molecule has 1 aliphatic carbocycles. The molecule has 0 saturated carbocycles. The summed E-state index contributed by atoms with van der Waals surface area (Å²) in [4.78, 5) is 36.3. The Balaban J connectivity index is 1.85. The number of ketones is 1. The normalized spacial score (nSPS) is 28.3. The monoisotopic (exact) mass is 436 g/mol. The zero-order chi connectivity index (χ0) is 23.1. The maximum absolute atomic E-state index is 12.8. The average Bonchev–Trinajstić information content (AvgIpc) is 2.64. The van der Waals surface area contributed by atoms with Gasteiger partial charge in [0.2, 0.25) is 0 Å². The highest BCUT2D eigenvalue weighted by molar-refractivity contribution is 6.04. The first-order valence-corrected chi connectivity index (χ1v) is 9.64. The molecule has 0 amide bonds. The summed E-state index contributed by atoms with van der Waals surface area (Å²) in [5.74, 6) is -5.39. The van der Waals surface area contributed by atoms with Gasteiger partial charge < -0.3 is 35.0 Å². The number of phenols is 2. The standard InChI is InChI=1S/C21H24O10/c1-10-5-12(22)7-14(23)17(10)19(27)31-15-6-11-8-21(29,4-3-16(24)25)30-9-13(11)18(26)20(15,2)28/h5,7,15,22-23,28-29H,3-4,6,8-9H2,1-2H3,(H,24,25)/t15-,20-,21-/m1/s1. The summed E-state index contributed by atoms with van der Waals surface area (Å²) in [7, 11) is 0. The van der Waals surface area contributed by atoms with Gasteiger partial charge in [-0.05, 0) is 25.5 Å². The SMILES string of the molecule is Cc1cc(O)cc(O)c1C(=O)O[C@@H]1CC2=C(CO[C@](O)(CCC(=O)O)C2)C(=O)[C@]1(C)O. The fourth-order valence-corrected chi connectivity index (χ4v) is 3.92. The lowest BCUT2D eigenvalue weighted by Crippen LogP contribution is -2.55. The van der Waals surface area contributed by atoms with Crippen LogP contribution in [-0.4, -0.2) is 67.4 Å². The van der Waals surface area contributed by atoms with Crippen LogP contribution in [0.2, 0.25) is 0 Å². The second kappa shape index (κ2) is 7.95. The summed E-state index contributed by atoms with van der Waals surface area (Å²) in [5.41, 5.74) is -1.50. The molecule has 1 aliphatic heterocycles. The summed E-state index contributed by atoms with van der Waals surface area (Å²) in [6, 6.07) is 2.22. The molecule has 0 radical (unpaired) electrons. The lowest BCUT2D eigenvalue weighted by Gasteiger charge is -2.42. The van der Waals surface area contributed by atoms with Crippen molar-refractivity contribution in [1.29, 1.82) is 0 Å². The van der Waals surface area contributed by atoms with Gasteiger partial charge in [-0.25, -0.2) is 4.79 Å². The quantitative estimate of drug-likeness (QED) is 0.418. The van der Waals surface area contributed by atoms with E-state index in [0.717, 1.165) is 6.07 Å². The Hall–Kier alpha value is -2.95. The van der Waals surface area contributed by atoms with E-state index in [1.807, 2.05) is 0 Å². The van der Waals surface area contributed by atoms with Gasteiger partial charge in [-0.1, -0.05) is 5.57 Å². The minimum atomic E-state index is -2.07. The first-order chi connectivity index (χ1) is 14.3. The minimum Gasteiger partial charge on any atom is -0.508 e. The highest BCUT2D eigenvalue weighted by Crippen LogP contribution is 2.41. The van der Waals surface area contributed by atoms with Crippen LogP contribution >= 0.6 is 0 Å². The molecule has 0 bridgehead atoms. The highest BCUT2D eigenvalue weighted by atomic mass is 16.6. The molecule has 3 atom stereocenters. The third-order valence-electron chi connectivity index (χ3n) is 5.68. The van der Waals surface area contributed by atoms with E-state index in [4.69, 9.17) is 14.6 Å². The lowest BCUT2D eigenvalue weighted by atomic mass is 9.75.